The Kier molecular flexibility index (Phi) is 7.65. The Bertz CT molecular complexity index is 941. The zero-order chi connectivity index (χ0) is 20.5. The average Bonchev–Trinajstić information content (AvgIpc) is 2.76. The second-order valence-electron chi connectivity index (χ2n) is 6.74. The van der Waals surface area contributed by atoms with Gasteiger partial charge in [0.25, 0.3) is 5.88 Å². The second-order valence-corrected chi connectivity index (χ2v) is 7.08. The molecule has 0 aliphatic carbocycles. The molecule has 3 aromatic rings. The first-order valence-corrected chi connectivity index (χ1v) is 10.1. The Morgan fingerprint density at radius 2 is 1.66 bits per heavy atom. The Balaban J connectivity index is 1.64. The summed E-state index contributed by atoms with van der Waals surface area (Å²) in [6, 6.07) is 18.2. The topological polar surface area (TPSA) is 44.2 Å². The minimum atomic E-state index is 0.124. The molecule has 0 saturated heterocycles. The van der Waals surface area contributed by atoms with E-state index in [2.05, 4.69) is 54.2 Å². The van der Waals surface area contributed by atoms with Gasteiger partial charge in [-0.05, 0) is 47.2 Å². The van der Waals surface area contributed by atoms with Gasteiger partial charge in [0, 0.05) is 0 Å². The van der Waals surface area contributed by atoms with Crippen LogP contribution >= 0.6 is 11.6 Å². The van der Waals surface area contributed by atoms with E-state index in [0.29, 0.717) is 24.8 Å². The highest BCUT2D eigenvalue weighted by Gasteiger charge is 2.10. The molecule has 0 radical (unpaired) electrons. The van der Waals surface area contributed by atoms with Gasteiger partial charge < -0.3 is 9.47 Å². The summed E-state index contributed by atoms with van der Waals surface area (Å²) in [5.74, 6) is 0.803. The van der Waals surface area contributed by atoms with Crippen LogP contribution in [0.4, 0.5) is 0 Å². The van der Waals surface area contributed by atoms with Gasteiger partial charge in [-0.1, -0.05) is 74.0 Å². The Hall–Kier alpha value is -2.85. The molecule has 1 heterocycles. The summed E-state index contributed by atoms with van der Waals surface area (Å²) in [5.41, 5.74) is 4.61. The predicted octanol–water partition coefficient (Wildman–Crippen LogP) is 6.49. The minimum absolute atomic E-state index is 0.124. The predicted molar refractivity (Wildman–Crippen MR) is 117 cm³/mol. The summed E-state index contributed by atoms with van der Waals surface area (Å²) in [4.78, 5) is 8.18. The molecule has 0 atom stereocenters. The molecule has 0 bridgehead atoms. The summed E-state index contributed by atoms with van der Waals surface area (Å²) >= 11 is 5.95. The fraction of sp³-hybridized carbons (Fsp3) is 0.250. The van der Waals surface area contributed by atoms with Crippen molar-refractivity contribution in [2.75, 3.05) is 0 Å². The van der Waals surface area contributed by atoms with E-state index in [1.54, 1.807) is 6.20 Å². The number of halogens is 1. The number of unbranched alkanes of at least 4 members (excludes halogenated alkanes) is 1. The number of hydrogen-bond acceptors (Lipinski definition) is 4. The first-order chi connectivity index (χ1) is 14.2. The molecule has 3 rings (SSSR count). The van der Waals surface area contributed by atoms with Crippen LogP contribution in [-0.2, 0) is 13.2 Å². The highest BCUT2D eigenvalue weighted by molar-refractivity contribution is 6.28. The maximum atomic E-state index is 5.95. The third kappa shape index (κ3) is 6.33. The highest BCUT2D eigenvalue weighted by Crippen LogP contribution is 2.27. The van der Waals surface area contributed by atoms with Gasteiger partial charge >= 0.3 is 0 Å². The molecule has 0 spiro atoms. The van der Waals surface area contributed by atoms with E-state index in [1.165, 1.54) is 11.1 Å². The molecule has 0 unspecified atom stereocenters. The molecule has 1 aromatic heterocycles. The van der Waals surface area contributed by atoms with Gasteiger partial charge in [-0.15, -0.1) is 0 Å². The van der Waals surface area contributed by atoms with Gasteiger partial charge in [-0.2, -0.15) is 4.98 Å². The largest absolute Gasteiger partial charge is 0.482 e. The molecule has 0 saturated carbocycles. The van der Waals surface area contributed by atoms with E-state index in [9.17, 15) is 0 Å². The van der Waals surface area contributed by atoms with Crippen molar-refractivity contribution in [3.63, 3.8) is 0 Å². The van der Waals surface area contributed by atoms with Crippen LogP contribution in [-0.4, -0.2) is 9.97 Å². The molecule has 0 N–H and O–H groups in total. The Morgan fingerprint density at radius 3 is 2.38 bits per heavy atom. The van der Waals surface area contributed by atoms with Gasteiger partial charge in [0.2, 0.25) is 5.28 Å². The van der Waals surface area contributed by atoms with Crippen molar-refractivity contribution in [1.29, 1.82) is 0 Å². The number of rotatable bonds is 9. The lowest BCUT2D eigenvalue weighted by Gasteiger charge is -2.12. The van der Waals surface area contributed by atoms with E-state index >= 15 is 0 Å². The van der Waals surface area contributed by atoms with E-state index in [4.69, 9.17) is 21.1 Å². The van der Waals surface area contributed by atoms with Gasteiger partial charge in [0.1, 0.15) is 13.2 Å². The molecule has 4 nitrogen and oxygen atoms in total. The quantitative estimate of drug-likeness (QED) is 0.379. The van der Waals surface area contributed by atoms with Crippen LogP contribution in [0.15, 0.2) is 66.9 Å². The lowest BCUT2D eigenvalue weighted by Crippen LogP contribution is -2.03. The Labute approximate surface area is 177 Å². The second kappa shape index (κ2) is 10.6. The SMILES string of the molecule is CCCC=C(C)c1ccc(COc2nc(Cl)ncc2OCc2ccccc2)cc1. The minimum Gasteiger partial charge on any atom is -0.482 e. The van der Waals surface area contributed by atoms with Gasteiger partial charge in [-0.25, -0.2) is 4.98 Å². The summed E-state index contributed by atoms with van der Waals surface area (Å²) in [6.07, 6.45) is 6.06. The molecular formula is C24H25ClN2O2. The zero-order valence-electron chi connectivity index (χ0n) is 16.8. The zero-order valence-corrected chi connectivity index (χ0v) is 17.5. The molecular weight excluding hydrogens is 384 g/mol. The van der Waals surface area contributed by atoms with Crippen molar-refractivity contribution >= 4 is 17.2 Å². The number of benzene rings is 2. The van der Waals surface area contributed by atoms with Crippen LogP contribution in [0.5, 0.6) is 11.6 Å². The Morgan fingerprint density at radius 1 is 0.966 bits per heavy atom. The number of nitrogens with zero attached hydrogens (tertiary/aromatic N) is 2. The van der Waals surface area contributed by atoms with Gasteiger partial charge in [0.05, 0.1) is 6.20 Å². The van der Waals surface area contributed by atoms with Crippen molar-refractivity contribution in [2.24, 2.45) is 0 Å². The summed E-state index contributed by atoms with van der Waals surface area (Å²) in [7, 11) is 0. The number of ether oxygens (including phenoxy) is 2. The molecule has 2 aromatic carbocycles. The fourth-order valence-corrected chi connectivity index (χ4v) is 2.89. The lowest BCUT2D eigenvalue weighted by molar-refractivity contribution is 0.245. The molecule has 0 aliphatic rings. The fourth-order valence-electron chi connectivity index (χ4n) is 2.77. The van der Waals surface area contributed by atoms with Crippen molar-refractivity contribution in [3.8, 4) is 11.6 Å². The average molecular weight is 409 g/mol. The van der Waals surface area contributed by atoms with Crippen LogP contribution in [0.2, 0.25) is 5.28 Å². The van der Waals surface area contributed by atoms with Crippen molar-refractivity contribution < 1.29 is 9.47 Å². The van der Waals surface area contributed by atoms with E-state index in [1.807, 2.05) is 30.3 Å². The molecule has 29 heavy (non-hydrogen) atoms. The summed E-state index contributed by atoms with van der Waals surface area (Å²) in [5, 5.41) is 0.124. The third-order valence-electron chi connectivity index (χ3n) is 4.45. The molecule has 0 amide bonds. The first-order valence-electron chi connectivity index (χ1n) is 9.74. The van der Waals surface area contributed by atoms with Crippen LogP contribution in [0.1, 0.15) is 43.4 Å². The van der Waals surface area contributed by atoms with E-state index in [-0.39, 0.29) is 5.28 Å². The standard InChI is InChI=1S/C24H25ClN2O2/c1-3-4-8-18(2)21-13-11-20(12-14-21)17-29-23-22(15-26-24(25)27-23)28-16-19-9-6-5-7-10-19/h5-15H,3-4,16-17H2,1-2H3. The highest BCUT2D eigenvalue weighted by atomic mass is 35.5. The third-order valence-corrected chi connectivity index (χ3v) is 4.64. The maximum Gasteiger partial charge on any atom is 0.261 e. The summed E-state index contributed by atoms with van der Waals surface area (Å²) in [6.45, 7) is 5.09. The van der Waals surface area contributed by atoms with Gasteiger partial charge in [-0.3, -0.25) is 0 Å². The maximum absolute atomic E-state index is 5.95. The van der Waals surface area contributed by atoms with Crippen molar-refractivity contribution in [2.45, 2.75) is 39.9 Å². The number of aromatic nitrogens is 2. The molecule has 5 heteroatoms. The van der Waals surface area contributed by atoms with Crippen LogP contribution in [0.3, 0.4) is 0 Å². The monoisotopic (exact) mass is 408 g/mol. The molecule has 0 aliphatic heterocycles. The molecule has 150 valence electrons. The first kappa shape index (κ1) is 20.9. The molecule has 0 fully saturated rings. The normalized spacial score (nSPS) is 11.3. The van der Waals surface area contributed by atoms with Crippen LogP contribution < -0.4 is 9.47 Å². The van der Waals surface area contributed by atoms with E-state index < -0.39 is 0 Å². The summed E-state index contributed by atoms with van der Waals surface area (Å²) < 4.78 is 11.7. The van der Waals surface area contributed by atoms with Crippen LogP contribution in [0.25, 0.3) is 5.57 Å². The van der Waals surface area contributed by atoms with E-state index in [0.717, 1.165) is 24.0 Å². The van der Waals surface area contributed by atoms with Crippen molar-refractivity contribution in [1.82, 2.24) is 9.97 Å². The van der Waals surface area contributed by atoms with Crippen LogP contribution in [0, 0.1) is 0 Å². The number of hydrogen-bond donors (Lipinski definition) is 0. The van der Waals surface area contributed by atoms with Crippen molar-refractivity contribution in [3.05, 3.63) is 88.8 Å². The number of allylic oxidation sites excluding steroid dienone is 2. The van der Waals surface area contributed by atoms with Gasteiger partial charge in [0.15, 0.2) is 5.75 Å². The lowest BCUT2D eigenvalue weighted by atomic mass is 10.0. The smallest absolute Gasteiger partial charge is 0.261 e.